The van der Waals surface area contributed by atoms with Gasteiger partial charge in [0.1, 0.15) is 0 Å². The molecule has 0 bridgehead atoms. The van der Waals surface area contributed by atoms with E-state index in [0.29, 0.717) is 5.71 Å². The van der Waals surface area contributed by atoms with E-state index in [0.717, 1.165) is 11.1 Å². The van der Waals surface area contributed by atoms with Gasteiger partial charge in [0.25, 0.3) is 0 Å². The summed E-state index contributed by atoms with van der Waals surface area (Å²) in [5.41, 5.74) is 2.24. The van der Waals surface area contributed by atoms with E-state index in [9.17, 15) is 4.79 Å². The van der Waals surface area contributed by atoms with Crippen LogP contribution in [0.4, 0.5) is 4.79 Å². The van der Waals surface area contributed by atoms with Crippen molar-refractivity contribution in [1.29, 1.82) is 0 Å². The van der Waals surface area contributed by atoms with Gasteiger partial charge in [-0.3, -0.25) is 9.68 Å². The van der Waals surface area contributed by atoms with Crippen LogP contribution in [0, 0.1) is 0 Å². The minimum atomic E-state index is -0.988. The van der Waals surface area contributed by atoms with E-state index in [1.54, 1.807) is 6.92 Å². The Kier molecular flexibility index (Phi) is 5.23. The molecule has 0 heterocycles. The molecule has 0 spiro atoms. The van der Waals surface area contributed by atoms with Gasteiger partial charge in [0.15, 0.2) is 0 Å². The van der Waals surface area contributed by atoms with Gasteiger partial charge in [0, 0.05) is 0 Å². The lowest BCUT2D eigenvalue weighted by atomic mass is 10.1. The third kappa shape index (κ3) is 4.91. The number of hydrogen-bond acceptors (Lipinski definition) is 5. The molecule has 0 aliphatic rings. The molecule has 2 aromatic rings. The number of hydrogen-bond donors (Lipinski definition) is 0. The lowest BCUT2D eigenvalue weighted by Gasteiger charge is -1.99. The fourth-order valence-electron chi connectivity index (χ4n) is 1.52. The topological polar surface area (TPSA) is 60.2 Å². The van der Waals surface area contributed by atoms with Crippen molar-refractivity contribution in [3.63, 3.8) is 0 Å². The first-order chi connectivity index (χ1) is 10.3. The Bertz CT molecular complexity index is 637. The fraction of sp³-hybridized carbons (Fsp3) is 0.0625. The number of carbonyl (C=O) groups is 1. The highest BCUT2D eigenvalue weighted by molar-refractivity contribution is 5.98. The molecule has 0 atom stereocenters. The maximum atomic E-state index is 11.3. The van der Waals surface area contributed by atoms with Gasteiger partial charge in [0.05, 0.1) is 11.9 Å². The lowest BCUT2D eigenvalue weighted by molar-refractivity contribution is 0.0601. The van der Waals surface area contributed by atoms with Crippen LogP contribution in [-0.2, 0) is 9.68 Å². The van der Waals surface area contributed by atoms with E-state index in [1.165, 1.54) is 6.21 Å². The number of oxime groups is 2. The molecular formula is C16H14N2O3. The molecule has 0 N–H and O–H groups in total. The van der Waals surface area contributed by atoms with Crippen molar-refractivity contribution in [1.82, 2.24) is 0 Å². The Labute approximate surface area is 122 Å². The molecule has 0 aliphatic carbocycles. The van der Waals surface area contributed by atoms with Crippen LogP contribution in [0.2, 0.25) is 0 Å². The smallest absolute Gasteiger partial charge is 0.281 e. The minimum Gasteiger partial charge on any atom is -0.281 e. The van der Waals surface area contributed by atoms with Crippen LogP contribution in [0.15, 0.2) is 71.0 Å². The largest absolute Gasteiger partial charge is 0.562 e. The van der Waals surface area contributed by atoms with Gasteiger partial charge in [-0.05, 0) is 18.1 Å². The highest BCUT2D eigenvalue weighted by Crippen LogP contribution is 2.02. The second-order valence-electron chi connectivity index (χ2n) is 4.12. The van der Waals surface area contributed by atoms with Crippen LogP contribution in [-0.4, -0.2) is 18.1 Å². The highest BCUT2D eigenvalue weighted by atomic mass is 16.8. The number of rotatable bonds is 4. The first-order valence-corrected chi connectivity index (χ1v) is 6.32. The van der Waals surface area contributed by atoms with Crippen molar-refractivity contribution < 1.29 is 14.5 Å². The average molecular weight is 282 g/mol. The zero-order valence-electron chi connectivity index (χ0n) is 11.5. The molecule has 0 aliphatic heterocycles. The number of nitrogens with zero attached hydrogens (tertiary/aromatic N) is 2. The van der Waals surface area contributed by atoms with Gasteiger partial charge in [-0.15, -0.1) is 0 Å². The summed E-state index contributed by atoms with van der Waals surface area (Å²) < 4.78 is 0. The summed E-state index contributed by atoms with van der Waals surface area (Å²) in [5, 5.41) is 7.21. The Balaban J connectivity index is 1.84. The van der Waals surface area contributed by atoms with Crippen molar-refractivity contribution in [3.05, 3.63) is 71.8 Å². The zero-order chi connectivity index (χ0) is 14.9. The second-order valence-corrected chi connectivity index (χ2v) is 4.12. The predicted molar refractivity (Wildman–Crippen MR) is 80.3 cm³/mol. The standard InChI is InChI=1S/C16H14N2O3/c1-13(15-10-6-3-7-11-15)18-21-16(19)20-17-12-14-8-4-2-5-9-14/h2-12H,1H3. The Hall–Kier alpha value is -2.95. The van der Waals surface area contributed by atoms with E-state index < -0.39 is 6.16 Å². The minimum absolute atomic E-state index is 0.569. The molecule has 21 heavy (non-hydrogen) atoms. The van der Waals surface area contributed by atoms with Crippen LogP contribution in [0.5, 0.6) is 0 Å². The molecule has 0 unspecified atom stereocenters. The second kappa shape index (κ2) is 7.59. The molecule has 5 heteroatoms. The third-order valence-electron chi connectivity index (χ3n) is 2.58. The maximum absolute atomic E-state index is 11.3. The number of benzene rings is 2. The molecule has 0 fully saturated rings. The van der Waals surface area contributed by atoms with Crippen LogP contribution >= 0.6 is 0 Å². The summed E-state index contributed by atoms with van der Waals surface area (Å²) in [5.74, 6) is 0. The Morgan fingerprint density at radius 2 is 1.57 bits per heavy atom. The van der Waals surface area contributed by atoms with Crippen LogP contribution in [0.25, 0.3) is 0 Å². The molecular weight excluding hydrogens is 268 g/mol. The van der Waals surface area contributed by atoms with Crippen LogP contribution < -0.4 is 0 Å². The number of carbonyl (C=O) groups excluding carboxylic acids is 1. The fourth-order valence-corrected chi connectivity index (χ4v) is 1.52. The van der Waals surface area contributed by atoms with Gasteiger partial charge in [-0.2, -0.15) is 4.79 Å². The molecule has 0 saturated carbocycles. The van der Waals surface area contributed by atoms with E-state index in [-0.39, 0.29) is 0 Å². The van der Waals surface area contributed by atoms with E-state index in [1.807, 2.05) is 60.7 Å². The van der Waals surface area contributed by atoms with Crippen molar-refractivity contribution in [2.24, 2.45) is 10.3 Å². The summed E-state index contributed by atoms with van der Waals surface area (Å²) in [7, 11) is 0. The highest BCUT2D eigenvalue weighted by Gasteiger charge is 2.04. The van der Waals surface area contributed by atoms with Gasteiger partial charge >= 0.3 is 6.16 Å². The molecule has 0 saturated heterocycles. The quantitative estimate of drug-likeness (QED) is 0.489. The normalized spacial score (nSPS) is 11.4. The summed E-state index contributed by atoms with van der Waals surface area (Å²) in [4.78, 5) is 20.4. The van der Waals surface area contributed by atoms with Crippen molar-refractivity contribution in [2.75, 3.05) is 0 Å². The van der Waals surface area contributed by atoms with Gasteiger partial charge in [-0.1, -0.05) is 71.0 Å². The SMILES string of the molecule is CC(=NOC(=O)ON=Cc1ccccc1)c1ccccc1. The molecule has 5 nitrogen and oxygen atoms in total. The lowest BCUT2D eigenvalue weighted by Crippen LogP contribution is -2.03. The van der Waals surface area contributed by atoms with Crippen molar-refractivity contribution >= 4 is 18.1 Å². The summed E-state index contributed by atoms with van der Waals surface area (Å²) in [6.07, 6.45) is 0.423. The molecule has 106 valence electrons. The van der Waals surface area contributed by atoms with Gasteiger partial charge in [-0.25, -0.2) is 0 Å². The monoisotopic (exact) mass is 282 g/mol. The van der Waals surface area contributed by atoms with E-state index in [2.05, 4.69) is 20.0 Å². The van der Waals surface area contributed by atoms with Crippen molar-refractivity contribution in [2.45, 2.75) is 6.92 Å². The third-order valence-corrected chi connectivity index (χ3v) is 2.58. The zero-order valence-corrected chi connectivity index (χ0v) is 11.5. The molecule has 2 rings (SSSR count). The van der Waals surface area contributed by atoms with Gasteiger partial charge in [0.2, 0.25) is 0 Å². The van der Waals surface area contributed by atoms with Crippen molar-refractivity contribution in [3.8, 4) is 0 Å². The van der Waals surface area contributed by atoms with E-state index in [4.69, 9.17) is 0 Å². The summed E-state index contributed by atoms with van der Waals surface area (Å²) in [6.45, 7) is 1.73. The van der Waals surface area contributed by atoms with Crippen LogP contribution in [0.1, 0.15) is 18.1 Å². The molecule has 0 amide bonds. The molecule has 2 aromatic carbocycles. The first kappa shape index (κ1) is 14.5. The Morgan fingerprint density at radius 1 is 0.952 bits per heavy atom. The molecule has 0 aromatic heterocycles. The van der Waals surface area contributed by atoms with Gasteiger partial charge < -0.3 is 0 Å². The Morgan fingerprint density at radius 3 is 2.24 bits per heavy atom. The first-order valence-electron chi connectivity index (χ1n) is 6.32. The predicted octanol–water partition coefficient (Wildman–Crippen LogP) is 3.60. The van der Waals surface area contributed by atoms with E-state index >= 15 is 0 Å². The molecule has 0 radical (unpaired) electrons. The maximum Gasteiger partial charge on any atom is 0.562 e. The van der Waals surface area contributed by atoms with Crippen LogP contribution in [0.3, 0.4) is 0 Å². The summed E-state index contributed by atoms with van der Waals surface area (Å²) in [6, 6.07) is 18.6. The summed E-state index contributed by atoms with van der Waals surface area (Å²) >= 11 is 0. The average Bonchev–Trinajstić information content (AvgIpc) is 2.54.